The maximum absolute atomic E-state index is 14.3. The summed E-state index contributed by atoms with van der Waals surface area (Å²) in [7, 11) is 1.29. The molecule has 4 rings (SSSR count). The molecule has 0 saturated carbocycles. The van der Waals surface area contributed by atoms with E-state index in [0.717, 1.165) is 5.56 Å². The minimum atomic E-state index is -2.53. The standard InChI is InChI=1S/C26H34N2O5Si/c1-25(2,3)34(6,7)33-26-18(14-11-15-19(26)29)21(28(4)5)22-20(23(26)30)24(27-32-22)31-16-17-12-9-8-10-13-17/h8-13,15,18,21H,14,16H2,1-7H3/t18-,21+,26-/m0/s1. The summed E-state index contributed by atoms with van der Waals surface area (Å²) in [6.45, 7) is 10.7. The van der Waals surface area contributed by atoms with Gasteiger partial charge in [0.15, 0.2) is 25.5 Å². The van der Waals surface area contributed by atoms with Crippen molar-refractivity contribution in [3.63, 3.8) is 0 Å². The van der Waals surface area contributed by atoms with Gasteiger partial charge in [0.05, 0.1) is 6.04 Å². The van der Waals surface area contributed by atoms with Crippen LogP contribution >= 0.6 is 0 Å². The summed E-state index contributed by atoms with van der Waals surface area (Å²) in [6.07, 6.45) is 3.85. The van der Waals surface area contributed by atoms with Crippen LogP contribution in [0.15, 0.2) is 47.0 Å². The fraction of sp³-hybridized carbons (Fsp3) is 0.500. The lowest BCUT2D eigenvalue weighted by molar-refractivity contribution is -0.135. The van der Waals surface area contributed by atoms with Gasteiger partial charge in [-0.15, -0.1) is 0 Å². The van der Waals surface area contributed by atoms with E-state index in [2.05, 4.69) is 39.0 Å². The fourth-order valence-corrected chi connectivity index (χ4v) is 6.09. The average Bonchev–Trinajstić information content (AvgIpc) is 3.17. The van der Waals surface area contributed by atoms with Crippen LogP contribution < -0.4 is 4.74 Å². The van der Waals surface area contributed by atoms with Crippen molar-refractivity contribution in [1.82, 2.24) is 10.1 Å². The summed E-state index contributed by atoms with van der Waals surface area (Å²) in [5, 5.41) is 3.94. The van der Waals surface area contributed by atoms with E-state index in [4.69, 9.17) is 13.7 Å². The SMILES string of the molecule is CN(C)[C@H]1c2onc(OCc3ccccc3)c2C(=O)[C@@]2(O[Si](C)(C)C(C)(C)C)C(=O)C=CC[C@@H]12. The van der Waals surface area contributed by atoms with Gasteiger partial charge in [-0.25, -0.2) is 0 Å². The Hall–Kier alpha value is -2.55. The molecule has 1 aromatic heterocycles. The topological polar surface area (TPSA) is 81.9 Å². The van der Waals surface area contributed by atoms with Crippen LogP contribution in [-0.2, 0) is 15.8 Å². The van der Waals surface area contributed by atoms with E-state index in [9.17, 15) is 9.59 Å². The second-order valence-electron chi connectivity index (χ2n) is 10.9. The Morgan fingerprint density at radius 1 is 1.18 bits per heavy atom. The van der Waals surface area contributed by atoms with Gasteiger partial charge in [0, 0.05) is 5.92 Å². The van der Waals surface area contributed by atoms with Gasteiger partial charge in [-0.05, 0) is 55.4 Å². The summed E-state index contributed by atoms with van der Waals surface area (Å²) in [5.74, 6) is -0.611. The first-order valence-electron chi connectivity index (χ1n) is 11.7. The zero-order valence-electron chi connectivity index (χ0n) is 21.0. The number of allylic oxidation sites excluding steroid dienone is 1. The predicted molar refractivity (Wildman–Crippen MR) is 131 cm³/mol. The number of hydrogen-bond acceptors (Lipinski definition) is 7. The Balaban J connectivity index is 1.84. The van der Waals surface area contributed by atoms with E-state index in [1.54, 1.807) is 0 Å². The quantitative estimate of drug-likeness (QED) is 0.425. The molecule has 7 nitrogen and oxygen atoms in total. The highest BCUT2D eigenvalue weighted by atomic mass is 28.4. The van der Waals surface area contributed by atoms with Crippen molar-refractivity contribution >= 4 is 19.9 Å². The van der Waals surface area contributed by atoms with Crippen LogP contribution in [0.4, 0.5) is 0 Å². The third-order valence-corrected chi connectivity index (χ3v) is 11.9. The Morgan fingerprint density at radius 3 is 2.47 bits per heavy atom. The van der Waals surface area contributed by atoms with Crippen molar-refractivity contribution < 1.29 is 23.3 Å². The molecule has 1 heterocycles. The molecule has 0 N–H and O–H groups in total. The Kier molecular flexibility index (Phi) is 6.21. The summed E-state index contributed by atoms with van der Waals surface area (Å²) in [6, 6.07) is 9.27. The molecular formula is C26H34N2O5Si. The Morgan fingerprint density at radius 2 is 1.85 bits per heavy atom. The molecule has 0 unspecified atom stereocenters. The minimum absolute atomic E-state index is 0.106. The Bertz CT molecular complexity index is 1120. The van der Waals surface area contributed by atoms with E-state index in [0.29, 0.717) is 12.2 Å². The molecule has 0 saturated heterocycles. The Labute approximate surface area is 202 Å². The number of nitrogens with zero attached hydrogens (tertiary/aromatic N) is 2. The molecule has 8 heteroatoms. The maximum atomic E-state index is 14.3. The smallest absolute Gasteiger partial charge is 0.265 e. The largest absolute Gasteiger partial charge is 0.470 e. The van der Waals surface area contributed by atoms with Gasteiger partial charge >= 0.3 is 0 Å². The van der Waals surface area contributed by atoms with Crippen LogP contribution in [0.3, 0.4) is 0 Å². The number of carbonyl (C=O) groups excluding carboxylic acids is 2. The lowest BCUT2D eigenvalue weighted by atomic mass is 9.65. The number of benzene rings is 1. The minimum Gasteiger partial charge on any atom is -0.470 e. The molecule has 182 valence electrons. The monoisotopic (exact) mass is 482 g/mol. The van der Waals surface area contributed by atoms with Gasteiger partial charge in [-0.3, -0.25) is 14.5 Å². The summed E-state index contributed by atoms with van der Waals surface area (Å²) < 4.78 is 18.5. The average molecular weight is 483 g/mol. The molecule has 1 aromatic carbocycles. The van der Waals surface area contributed by atoms with Crippen molar-refractivity contribution in [2.45, 2.75) is 63.6 Å². The number of Topliss-reactive ketones (excluding diaryl/α,β-unsaturated/α-hetero) is 1. The van der Waals surface area contributed by atoms with Crippen LogP contribution in [-0.4, -0.2) is 49.6 Å². The molecule has 0 amide bonds. The number of ether oxygens (including phenoxy) is 1. The first-order valence-corrected chi connectivity index (χ1v) is 14.6. The highest BCUT2D eigenvalue weighted by Crippen LogP contribution is 2.53. The van der Waals surface area contributed by atoms with Crippen molar-refractivity contribution in [2.75, 3.05) is 14.1 Å². The van der Waals surface area contributed by atoms with Gasteiger partial charge in [0.2, 0.25) is 5.78 Å². The number of rotatable bonds is 6. The second kappa shape index (κ2) is 8.59. The zero-order chi connectivity index (χ0) is 24.9. The van der Waals surface area contributed by atoms with Crippen LogP contribution in [0.5, 0.6) is 5.88 Å². The number of fused-ring (bicyclic) bond motifs is 2. The highest BCUT2D eigenvalue weighted by molar-refractivity contribution is 6.74. The molecule has 0 fully saturated rings. The molecule has 3 atom stereocenters. The molecule has 0 radical (unpaired) electrons. The first-order chi connectivity index (χ1) is 15.9. The molecule has 0 aliphatic heterocycles. The molecule has 2 aliphatic rings. The van der Waals surface area contributed by atoms with Crippen LogP contribution in [0.25, 0.3) is 0 Å². The van der Waals surface area contributed by atoms with E-state index in [-0.39, 0.29) is 34.9 Å². The van der Waals surface area contributed by atoms with E-state index in [1.165, 1.54) is 6.08 Å². The van der Waals surface area contributed by atoms with Crippen molar-refractivity contribution in [3.05, 3.63) is 59.4 Å². The third kappa shape index (κ3) is 3.87. The normalized spacial score (nSPS) is 24.8. The van der Waals surface area contributed by atoms with Crippen LogP contribution in [0.2, 0.25) is 18.1 Å². The molecule has 2 aliphatic carbocycles. The van der Waals surface area contributed by atoms with E-state index in [1.807, 2.05) is 55.4 Å². The van der Waals surface area contributed by atoms with E-state index >= 15 is 0 Å². The van der Waals surface area contributed by atoms with Crippen LogP contribution in [0.1, 0.15) is 54.9 Å². The van der Waals surface area contributed by atoms with Gasteiger partial charge in [0.1, 0.15) is 12.2 Å². The second-order valence-corrected chi connectivity index (χ2v) is 15.7. The van der Waals surface area contributed by atoms with Crippen molar-refractivity contribution in [2.24, 2.45) is 5.92 Å². The molecule has 2 aromatic rings. The molecular weight excluding hydrogens is 448 g/mol. The molecule has 0 bridgehead atoms. The number of hydrogen-bond donors (Lipinski definition) is 0. The molecule has 34 heavy (non-hydrogen) atoms. The number of carbonyl (C=O) groups is 2. The summed E-state index contributed by atoms with van der Waals surface area (Å²) >= 11 is 0. The maximum Gasteiger partial charge on any atom is 0.265 e. The number of ketones is 2. The lowest BCUT2D eigenvalue weighted by Crippen LogP contribution is -2.65. The van der Waals surface area contributed by atoms with Crippen molar-refractivity contribution in [1.29, 1.82) is 0 Å². The third-order valence-electron chi connectivity index (χ3n) is 7.45. The van der Waals surface area contributed by atoms with Crippen LogP contribution in [0, 0.1) is 5.92 Å². The lowest BCUT2D eigenvalue weighted by Gasteiger charge is -2.51. The predicted octanol–water partition coefficient (Wildman–Crippen LogP) is 4.96. The first kappa shape index (κ1) is 24.6. The van der Waals surface area contributed by atoms with E-state index < -0.39 is 25.6 Å². The summed E-state index contributed by atoms with van der Waals surface area (Å²) in [4.78, 5) is 29.9. The molecule has 0 spiro atoms. The van der Waals surface area contributed by atoms with Gasteiger partial charge in [0.25, 0.3) is 5.88 Å². The van der Waals surface area contributed by atoms with Crippen molar-refractivity contribution in [3.8, 4) is 5.88 Å². The zero-order valence-corrected chi connectivity index (χ0v) is 22.0. The number of aromatic nitrogens is 1. The van der Waals surface area contributed by atoms with Gasteiger partial charge in [-0.2, -0.15) is 0 Å². The van der Waals surface area contributed by atoms with Gasteiger partial charge in [-0.1, -0.05) is 57.2 Å². The van der Waals surface area contributed by atoms with Gasteiger partial charge < -0.3 is 13.7 Å². The highest BCUT2D eigenvalue weighted by Gasteiger charge is 2.65. The summed E-state index contributed by atoms with van der Waals surface area (Å²) in [5.41, 5.74) is -0.475. The fourth-order valence-electron chi connectivity index (χ4n) is 4.64.